The van der Waals surface area contributed by atoms with Gasteiger partial charge in [-0.05, 0) is 64.2 Å². The van der Waals surface area contributed by atoms with Crippen LogP contribution in [0.4, 0.5) is 0 Å². The van der Waals surface area contributed by atoms with Gasteiger partial charge in [0, 0.05) is 6.04 Å². The molecule has 2 heteroatoms. The Morgan fingerprint density at radius 3 is 2.57 bits per heavy atom. The zero-order chi connectivity index (χ0) is 9.80. The van der Waals surface area contributed by atoms with Gasteiger partial charge in [0.15, 0.2) is 0 Å². The molecule has 0 radical (unpaired) electrons. The average molecular weight is 196 g/mol. The summed E-state index contributed by atoms with van der Waals surface area (Å²) in [5.74, 6) is 0.978. The van der Waals surface area contributed by atoms with Gasteiger partial charge in [-0.2, -0.15) is 0 Å². The van der Waals surface area contributed by atoms with Crippen LogP contribution in [0.2, 0.25) is 0 Å². The van der Waals surface area contributed by atoms with Crippen molar-refractivity contribution in [3.63, 3.8) is 0 Å². The van der Waals surface area contributed by atoms with E-state index in [4.69, 9.17) is 0 Å². The van der Waals surface area contributed by atoms with Crippen LogP contribution in [0.1, 0.15) is 39.0 Å². The lowest BCUT2D eigenvalue weighted by molar-refractivity contribution is 0.236. The van der Waals surface area contributed by atoms with E-state index in [1.54, 1.807) is 0 Å². The third kappa shape index (κ3) is 2.96. The van der Waals surface area contributed by atoms with Crippen LogP contribution in [0, 0.1) is 5.92 Å². The van der Waals surface area contributed by atoms with Gasteiger partial charge in [-0.3, -0.25) is 0 Å². The van der Waals surface area contributed by atoms with Gasteiger partial charge >= 0.3 is 0 Å². The number of likely N-dealkylation sites (tertiary alicyclic amines) is 1. The van der Waals surface area contributed by atoms with Crippen LogP contribution < -0.4 is 5.32 Å². The second kappa shape index (κ2) is 5.13. The number of rotatable bonds is 5. The summed E-state index contributed by atoms with van der Waals surface area (Å²) in [5.41, 5.74) is 0. The highest BCUT2D eigenvalue weighted by atomic mass is 15.1. The predicted molar refractivity (Wildman–Crippen MR) is 60.5 cm³/mol. The summed E-state index contributed by atoms with van der Waals surface area (Å²) in [5, 5.41) is 3.65. The molecule has 1 aliphatic carbocycles. The average Bonchev–Trinajstić information content (AvgIpc) is 2.61. The van der Waals surface area contributed by atoms with Crippen molar-refractivity contribution in [2.24, 2.45) is 5.92 Å². The molecule has 0 spiro atoms. The molecule has 1 heterocycles. The molecule has 0 aromatic rings. The third-order valence-electron chi connectivity index (χ3n) is 3.66. The van der Waals surface area contributed by atoms with Crippen molar-refractivity contribution in [1.29, 1.82) is 0 Å². The summed E-state index contributed by atoms with van der Waals surface area (Å²) in [7, 11) is 0. The summed E-state index contributed by atoms with van der Waals surface area (Å²) in [6.07, 6.45) is 7.00. The molecule has 82 valence electrons. The van der Waals surface area contributed by atoms with Gasteiger partial charge in [-0.25, -0.2) is 0 Å². The summed E-state index contributed by atoms with van der Waals surface area (Å²) in [4.78, 5) is 2.60. The second-order valence-corrected chi connectivity index (χ2v) is 5.13. The fourth-order valence-electron chi connectivity index (χ4n) is 2.68. The van der Waals surface area contributed by atoms with E-state index in [1.807, 2.05) is 0 Å². The molecular weight excluding hydrogens is 172 g/mol. The van der Waals surface area contributed by atoms with Gasteiger partial charge < -0.3 is 10.2 Å². The van der Waals surface area contributed by atoms with Crippen LogP contribution in [0.3, 0.4) is 0 Å². The minimum Gasteiger partial charge on any atom is -0.314 e. The first-order valence-corrected chi connectivity index (χ1v) is 6.30. The molecule has 2 aliphatic rings. The molecular formula is C12H24N2. The smallest absolute Gasteiger partial charge is 0.00721 e. The van der Waals surface area contributed by atoms with E-state index in [2.05, 4.69) is 17.1 Å². The van der Waals surface area contributed by atoms with Crippen LogP contribution in [0.5, 0.6) is 0 Å². The topological polar surface area (TPSA) is 15.3 Å². The van der Waals surface area contributed by atoms with E-state index in [0.29, 0.717) is 0 Å². The van der Waals surface area contributed by atoms with Crippen molar-refractivity contribution in [2.45, 2.75) is 45.1 Å². The van der Waals surface area contributed by atoms with Crippen molar-refractivity contribution < 1.29 is 0 Å². The Morgan fingerprint density at radius 1 is 1.21 bits per heavy atom. The number of nitrogens with one attached hydrogen (secondary N) is 1. The third-order valence-corrected chi connectivity index (χ3v) is 3.66. The monoisotopic (exact) mass is 196 g/mol. The molecule has 0 aromatic heterocycles. The lowest BCUT2D eigenvalue weighted by Gasteiger charge is -2.33. The van der Waals surface area contributed by atoms with E-state index in [-0.39, 0.29) is 0 Å². The first-order chi connectivity index (χ1) is 6.84. The highest BCUT2D eigenvalue weighted by molar-refractivity contribution is 4.82. The lowest BCUT2D eigenvalue weighted by Crippen LogP contribution is -2.41. The SMILES string of the molecule is CC1CC(NCCCN2CCCC2)C1. The summed E-state index contributed by atoms with van der Waals surface area (Å²) < 4.78 is 0. The van der Waals surface area contributed by atoms with E-state index >= 15 is 0 Å². The molecule has 2 nitrogen and oxygen atoms in total. The van der Waals surface area contributed by atoms with Gasteiger partial charge in [-0.1, -0.05) is 6.92 Å². The molecule has 0 amide bonds. The standard InChI is InChI=1S/C12H24N2/c1-11-9-12(10-11)13-5-4-8-14-6-2-3-7-14/h11-13H,2-10H2,1H3. The van der Waals surface area contributed by atoms with Crippen molar-refractivity contribution >= 4 is 0 Å². The largest absolute Gasteiger partial charge is 0.314 e. The quantitative estimate of drug-likeness (QED) is 0.675. The minimum atomic E-state index is 0.851. The van der Waals surface area contributed by atoms with Gasteiger partial charge in [-0.15, -0.1) is 0 Å². The molecule has 1 saturated carbocycles. The summed E-state index contributed by atoms with van der Waals surface area (Å²) >= 11 is 0. The Kier molecular flexibility index (Phi) is 3.82. The second-order valence-electron chi connectivity index (χ2n) is 5.13. The molecule has 0 aromatic carbocycles. The zero-order valence-corrected chi connectivity index (χ0v) is 9.47. The maximum atomic E-state index is 3.65. The maximum absolute atomic E-state index is 3.65. The van der Waals surface area contributed by atoms with Crippen molar-refractivity contribution in [3.05, 3.63) is 0 Å². The summed E-state index contributed by atoms with van der Waals surface area (Å²) in [6, 6.07) is 0.851. The predicted octanol–water partition coefficient (Wildman–Crippen LogP) is 1.86. The molecule has 0 atom stereocenters. The molecule has 1 aliphatic heterocycles. The number of nitrogens with zero attached hydrogens (tertiary/aromatic N) is 1. The lowest BCUT2D eigenvalue weighted by atomic mass is 9.82. The first kappa shape index (κ1) is 10.4. The highest BCUT2D eigenvalue weighted by Gasteiger charge is 2.24. The van der Waals surface area contributed by atoms with Crippen LogP contribution >= 0.6 is 0 Å². The van der Waals surface area contributed by atoms with Gasteiger partial charge in [0.1, 0.15) is 0 Å². The van der Waals surface area contributed by atoms with Gasteiger partial charge in [0.05, 0.1) is 0 Å². The van der Waals surface area contributed by atoms with Crippen LogP contribution in [-0.4, -0.2) is 37.1 Å². The van der Waals surface area contributed by atoms with E-state index in [9.17, 15) is 0 Å². The number of hydrogen-bond acceptors (Lipinski definition) is 2. The Hall–Kier alpha value is -0.0800. The minimum absolute atomic E-state index is 0.851. The van der Waals surface area contributed by atoms with E-state index in [1.165, 1.54) is 58.3 Å². The Bertz CT molecular complexity index is 158. The molecule has 2 rings (SSSR count). The Morgan fingerprint density at radius 2 is 1.93 bits per heavy atom. The molecule has 0 bridgehead atoms. The maximum Gasteiger partial charge on any atom is 0.00721 e. The fraction of sp³-hybridized carbons (Fsp3) is 1.00. The van der Waals surface area contributed by atoms with E-state index < -0.39 is 0 Å². The highest BCUT2D eigenvalue weighted by Crippen LogP contribution is 2.25. The first-order valence-electron chi connectivity index (χ1n) is 6.30. The van der Waals surface area contributed by atoms with Crippen molar-refractivity contribution in [3.8, 4) is 0 Å². The number of hydrogen-bond donors (Lipinski definition) is 1. The Labute approximate surface area is 88.1 Å². The van der Waals surface area contributed by atoms with Crippen LogP contribution in [0.25, 0.3) is 0 Å². The van der Waals surface area contributed by atoms with Gasteiger partial charge in [0.25, 0.3) is 0 Å². The molecule has 0 unspecified atom stereocenters. The normalized spacial score (nSPS) is 33.2. The summed E-state index contributed by atoms with van der Waals surface area (Å²) in [6.45, 7) is 7.59. The van der Waals surface area contributed by atoms with Crippen molar-refractivity contribution in [2.75, 3.05) is 26.2 Å². The molecule has 14 heavy (non-hydrogen) atoms. The Balaban J connectivity index is 1.43. The molecule has 2 fully saturated rings. The van der Waals surface area contributed by atoms with Gasteiger partial charge in [0.2, 0.25) is 0 Å². The zero-order valence-electron chi connectivity index (χ0n) is 9.47. The fourth-order valence-corrected chi connectivity index (χ4v) is 2.68. The molecule has 1 N–H and O–H groups in total. The van der Waals surface area contributed by atoms with Crippen molar-refractivity contribution in [1.82, 2.24) is 10.2 Å². The molecule has 1 saturated heterocycles. The van der Waals surface area contributed by atoms with E-state index in [0.717, 1.165) is 12.0 Å². The van der Waals surface area contributed by atoms with Crippen LogP contribution in [-0.2, 0) is 0 Å². The van der Waals surface area contributed by atoms with Crippen LogP contribution in [0.15, 0.2) is 0 Å².